The second-order valence-corrected chi connectivity index (χ2v) is 9.26. The van der Waals surface area contributed by atoms with Gasteiger partial charge < -0.3 is 28.6 Å². The molecule has 1 amide bonds. The highest BCUT2D eigenvalue weighted by atomic mass is 16.5. The lowest BCUT2D eigenvalue weighted by Crippen LogP contribution is -2.31. The van der Waals surface area contributed by atoms with Crippen molar-refractivity contribution < 1.29 is 28.9 Å². The molecular weight excluding hydrogens is 486 g/mol. The number of hydrogen-bond acceptors (Lipinski definition) is 7. The van der Waals surface area contributed by atoms with Gasteiger partial charge in [0.25, 0.3) is 11.7 Å². The zero-order valence-corrected chi connectivity index (χ0v) is 22.6. The average Bonchev–Trinajstić information content (AvgIpc) is 3.38. The monoisotopic (exact) mass is 521 g/mol. The number of carbonyl (C=O) groups excluding carboxylic acids is 2. The number of Topliss-reactive ketones (excluding diaryl/α,β-unsaturated/α-hetero) is 1. The number of imidazole rings is 1. The number of carbonyl (C=O) groups is 2. The van der Waals surface area contributed by atoms with Crippen LogP contribution < -0.4 is 9.47 Å². The van der Waals surface area contributed by atoms with Gasteiger partial charge in [0.2, 0.25) is 0 Å². The summed E-state index contributed by atoms with van der Waals surface area (Å²) in [7, 11) is 1.59. The quantitative estimate of drug-likeness (QED) is 0.170. The number of methoxy groups -OCH3 is 1. The molecule has 1 aliphatic heterocycles. The Kier molecular flexibility index (Phi) is 8.36. The normalized spacial score (nSPS) is 17.0. The molecule has 3 heterocycles. The number of aliphatic hydroxyl groups is 1. The zero-order chi connectivity index (χ0) is 27.4. The number of aromatic nitrogens is 2. The van der Waals surface area contributed by atoms with E-state index in [4.69, 9.17) is 14.2 Å². The highest BCUT2D eigenvalue weighted by Crippen LogP contribution is 2.42. The molecule has 0 saturated carbocycles. The minimum atomic E-state index is -0.823. The van der Waals surface area contributed by atoms with Gasteiger partial charge in [0.1, 0.15) is 11.3 Å². The zero-order valence-electron chi connectivity index (χ0n) is 22.6. The summed E-state index contributed by atoms with van der Waals surface area (Å²) in [4.78, 5) is 32.8. The van der Waals surface area contributed by atoms with Gasteiger partial charge in [-0.25, -0.2) is 4.98 Å². The van der Waals surface area contributed by atoms with Crippen LogP contribution in [-0.2, 0) is 14.3 Å². The summed E-state index contributed by atoms with van der Waals surface area (Å²) in [6, 6.07) is 8.37. The maximum atomic E-state index is 13.4. The highest BCUT2D eigenvalue weighted by Gasteiger charge is 2.46. The summed E-state index contributed by atoms with van der Waals surface area (Å²) >= 11 is 0. The van der Waals surface area contributed by atoms with Crippen molar-refractivity contribution in [1.82, 2.24) is 14.3 Å². The van der Waals surface area contributed by atoms with Crippen LogP contribution in [0.1, 0.15) is 55.2 Å². The number of hydrogen-bond donors (Lipinski definition) is 1. The predicted octanol–water partition coefficient (Wildman–Crippen LogP) is 4.60. The van der Waals surface area contributed by atoms with Crippen LogP contribution in [0.15, 0.2) is 42.1 Å². The van der Waals surface area contributed by atoms with Crippen molar-refractivity contribution in [2.24, 2.45) is 0 Å². The lowest BCUT2D eigenvalue weighted by atomic mass is 9.96. The number of pyridine rings is 1. The Morgan fingerprint density at radius 2 is 1.87 bits per heavy atom. The van der Waals surface area contributed by atoms with Crippen LogP contribution in [0.2, 0.25) is 0 Å². The minimum Gasteiger partial charge on any atom is -0.505 e. The van der Waals surface area contributed by atoms with Crippen molar-refractivity contribution in [2.45, 2.75) is 46.6 Å². The molecule has 3 aromatic rings. The summed E-state index contributed by atoms with van der Waals surface area (Å²) in [6.07, 6.45) is 3.22. The van der Waals surface area contributed by atoms with E-state index in [1.54, 1.807) is 25.3 Å². The van der Waals surface area contributed by atoms with Gasteiger partial charge in [0, 0.05) is 26.5 Å². The molecule has 4 rings (SSSR count). The van der Waals surface area contributed by atoms with Crippen molar-refractivity contribution in [2.75, 3.05) is 33.5 Å². The summed E-state index contributed by atoms with van der Waals surface area (Å²) in [5, 5.41) is 11.6. The molecule has 1 saturated heterocycles. The number of amides is 1. The van der Waals surface area contributed by atoms with Crippen molar-refractivity contribution in [3.8, 4) is 11.5 Å². The van der Waals surface area contributed by atoms with Crippen LogP contribution in [0.3, 0.4) is 0 Å². The van der Waals surface area contributed by atoms with E-state index in [0.717, 1.165) is 12.0 Å². The first-order valence-electron chi connectivity index (χ1n) is 12.9. The third-order valence-electron chi connectivity index (χ3n) is 6.64. The Balaban J connectivity index is 1.89. The van der Waals surface area contributed by atoms with E-state index in [2.05, 4.69) is 4.98 Å². The molecule has 1 unspecified atom stereocenters. The second kappa shape index (κ2) is 11.7. The Labute approximate surface area is 222 Å². The van der Waals surface area contributed by atoms with Crippen LogP contribution in [0.5, 0.6) is 11.5 Å². The van der Waals surface area contributed by atoms with E-state index in [1.807, 2.05) is 50.4 Å². The van der Waals surface area contributed by atoms with Gasteiger partial charge in [0.05, 0.1) is 30.5 Å². The molecular formula is C29H35N3O6. The van der Waals surface area contributed by atoms with Gasteiger partial charge in [-0.1, -0.05) is 19.1 Å². The van der Waals surface area contributed by atoms with E-state index >= 15 is 0 Å². The summed E-state index contributed by atoms with van der Waals surface area (Å²) < 4.78 is 18.7. The number of aryl methyl sites for hydroxylation is 2. The van der Waals surface area contributed by atoms with Crippen LogP contribution in [0, 0.1) is 13.8 Å². The largest absolute Gasteiger partial charge is 0.505 e. The molecule has 1 fully saturated rings. The van der Waals surface area contributed by atoms with Crippen LogP contribution in [0.4, 0.5) is 0 Å². The Hall–Kier alpha value is -3.85. The number of aliphatic hydroxyl groups excluding tert-OH is 1. The van der Waals surface area contributed by atoms with Gasteiger partial charge in [-0.3, -0.25) is 9.59 Å². The smallest absolute Gasteiger partial charge is 0.295 e. The molecule has 1 aliphatic rings. The number of likely N-dealkylation sites (tertiary alicyclic amines) is 1. The van der Waals surface area contributed by atoms with Crippen LogP contribution in [-0.4, -0.2) is 64.6 Å². The number of ether oxygens (including phenoxy) is 3. The third kappa shape index (κ3) is 4.98. The summed E-state index contributed by atoms with van der Waals surface area (Å²) in [5.41, 5.74) is 3.18. The Morgan fingerprint density at radius 1 is 1.08 bits per heavy atom. The number of fused-ring (bicyclic) bond motifs is 1. The Bertz CT molecular complexity index is 1380. The first kappa shape index (κ1) is 27.2. The van der Waals surface area contributed by atoms with Crippen molar-refractivity contribution in [1.29, 1.82) is 0 Å². The molecule has 1 aromatic carbocycles. The first-order chi connectivity index (χ1) is 18.3. The van der Waals surface area contributed by atoms with Crippen LogP contribution >= 0.6 is 0 Å². The van der Waals surface area contributed by atoms with Gasteiger partial charge >= 0.3 is 0 Å². The molecule has 2 aromatic heterocycles. The van der Waals surface area contributed by atoms with Crippen molar-refractivity contribution in [3.05, 3.63) is 64.6 Å². The van der Waals surface area contributed by atoms with E-state index in [-0.39, 0.29) is 23.6 Å². The van der Waals surface area contributed by atoms with E-state index < -0.39 is 17.7 Å². The number of ketones is 1. The number of nitrogens with zero attached hydrogens (tertiary/aromatic N) is 3. The third-order valence-corrected chi connectivity index (χ3v) is 6.64. The molecule has 0 radical (unpaired) electrons. The average molecular weight is 522 g/mol. The summed E-state index contributed by atoms with van der Waals surface area (Å²) in [6.45, 7) is 9.30. The molecule has 0 spiro atoms. The summed E-state index contributed by atoms with van der Waals surface area (Å²) in [5.74, 6) is -0.620. The van der Waals surface area contributed by atoms with E-state index in [1.165, 1.54) is 4.90 Å². The molecule has 202 valence electrons. The number of benzene rings is 1. The standard InChI is InChI=1S/C29H35N3O6/c1-6-15-38-21-12-11-20(17-22(21)37-7-2)25-23(27(34)29(35)32(25)14-9-16-36-5)26(33)24-19(4)31-13-8-10-18(3)28(31)30-24/h8,10-13,17,25,33H,6-7,9,14-16H2,1-5H3/b26-23+. The minimum absolute atomic E-state index is 0.00116. The van der Waals surface area contributed by atoms with Gasteiger partial charge in [0.15, 0.2) is 17.3 Å². The number of rotatable bonds is 11. The lowest BCUT2D eigenvalue weighted by Gasteiger charge is -2.26. The molecule has 0 bridgehead atoms. The first-order valence-corrected chi connectivity index (χ1v) is 12.9. The topological polar surface area (TPSA) is 103 Å². The maximum absolute atomic E-state index is 13.4. The fourth-order valence-corrected chi connectivity index (χ4v) is 4.80. The molecule has 9 heteroatoms. The van der Waals surface area contributed by atoms with Crippen LogP contribution in [0.25, 0.3) is 11.4 Å². The second-order valence-electron chi connectivity index (χ2n) is 9.26. The fraction of sp³-hybridized carbons (Fsp3) is 0.414. The SMILES string of the molecule is CCCOc1ccc(C2/C(=C(\O)c3nc4c(C)cccn4c3C)C(=O)C(=O)N2CCCOC)cc1OCC. The van der Waals surface area contributed by atoms with E-state index in [0.29, 0.717) is 54.6 Å². The Morgan fingerprint density at radius 3 is 2.55 bits per heavy atom. The van der Waals surface area contributed by atoms with Gasteiger partial charge in [-0.05, 0) is 62.9 Å². The molecule has 0 aliphatic carbocycles. The fourth-order valence-electron chi connectivity index (χ4n) is 4.80. The van der Waals surface area contributed by atoms with Gasteiger partial charge in [-0.2, -0.15) is 0 Å². The lowest BCUT2D eigenvalue weighted by molar-refractivity contribution is -0.140. The van der Waals surface area contributed by atoms with Crippen molar-refractivity contribution >= 4 is 23.1 Å². The predicted molar refractivity (Wildman–Crippen MR) is 144 cm³/mol. The maximum Gasteiger partial charge on any atom is 0.295 e. The highest BCUT2D eigenvalue weighted by molar-refractivity contribution is 6.46. The van der Waals surface area contributed by atoms with Crippen molar-refractivity contribution in [3.63, 3.8) is 0 Å². The molecule has 1 N–H and O–H groups in total. The van der Waals surface area contributed by atoms with Gasteiger partial charge in [-0.15, -0.1) is 0 Å². The molecule has 9 nitrogen and oxygen atoms in total. The van der Waals surface area contributed by atoms with E-state index in [9.17, 15) is 14.7 Å². The molecule has 38 heavy (non-hydrogen) atoms. The molecule has 1 atom stereocenters.